The molecule has 0 unspecified atom stereocenters. The fourth-order valence-electron chi connectivity index (χ4n) is 2.95. The summed E-state index contributed by atoms with van der Waals surface area (Å²) < 4.78 is 5.49. The highest BCUT2D eigenvalue weighted by Gasteiger charge is 2.31. The van der Waals surface area contributed by atoms with Crippen molar-refractivity contribution in [2.45, 2.75) is 32.7 Å². The lowest BCUT2D eigenvalue weighted by molar-refractivity contribution is 0.0739. The molecule has 1 aromatic heterocycles. The van der Waals surface area contributed by atoms with E-state index in [0.29, 0.717) is 6.61 Å². The van der Waals surface area contributed by atoms with Crippen LogP contribution in [0, 0.1) is 6.92 Å². The van der Waals surface area contributed by atoms with Gasteiger partial charge in [-0.25, -0.2) is 4.98 Å². The number of aryl methyl sites for hydroxylation is 1. The van der Waals surface area contributed by atoms with E-state index in [1.54, 1.807) is 5.51 Å². The molecule has 0 spiro atoms. The Labute approximate surface area is 134 Å². The molecule has 0 N–H and O–H groups in total. The molecule has 22 heavy (non-hydrogen) atoms. The van der Waals surface area contributed by atoms with E-state index in [-0.39, 0.29) is 11.9 Å². The van der Waals surface area contributed by atoms with Gasteiger partial charge in [-0.1, -0.05) is 12.1 Å². The van der Waals surface area contributed by atoms with Gasteiger partial charge >= 0.3 is 0 Å². The summed E-state index contributed by atoms with van der Waals surface area (Å²) >= 11 is 1.43. The molecule has 1 amide bonds. The number of ether oxygens (including phenoxy) is 1. The molecule has 5 heteroatoms. The molecule has 0 bridgehead atoms. The van der Waals surface area contributed by atoms with Gasteiger partial charge in [-0.2, -0.15) is 0 Å². The molecule has 4 nitrogen and oxygen atoms in total. The average molecular weight is 316 g/mol. The second kappa shape index (κ2) is 6.48. The zero-order valence-electron chi connectivity index (χ0n) is 12.9. The highest BCUT2D eigenvalue weighted by Crippen LogP contribution is 2.34. The predicted octanol–water partition coefficient (Wildman–Crippen LogP) is 3.83. The van der Waals surface area contributed by atoms with Crippen LogP contribution in [0.1, 0.15) is 46.7 Å². The minimum Gasteiger partial charge on any atom is -0.494 e. The van der Waals surface area contributed by atoms with Crippen molar-refractivity contribution in [1.29, 1.82) is 0 Å². The molecule has 0 aliphatic carbocycles. The van der Waals surface area contributed by atoms with Crippen LogP contribution in [0.3, 0.4) is 0 Å². The SMILES string of the molecule is CCOc1ccc([C@@H]2CCCN2C(=O)c2scnc2C)cc1. The second-order valence-electron chi connectivity index (χ2n) is 5.43. The molecular weight excluding hydrogens is 296 g/mol. The van der Waals surface area contributed by atoms with Crippen molar-refractivity contribution >= 4 is 17.2 Å². The van der Waals surface area contributed by atoms with Crippen molar-refractivity contribution in [2.75, 3.05) is 13.2 Å². The van der Waals surface area contributed by atoms with Gasteiger partial charge in [0.2, 0.25) is 0 Å². The molecule has 2 aromatic rings. The summed E-state index contributed by atoms with van der Waals surface area (Å²) in [5, 5.41) is 0. The summed E-state index contributed by atoms with van der Waals surface area (Å²) in [7, 11) is 0. The largest absolute Gasteiger partial charge is 0.494 e. The Kier molecular flexibility index (Phi) is 4.43. The number of carbonyl (C=O) groups excluding carboxylic acids is 1. The van der Waals surface area contributed by atoms with E-state index in [0.717, 1.165) is 35.7 Å². The Hall–Kier alpha value is -1.88. The van der Waals surface area contributed by atoms with Gasteiger partial charge in [0, 0.05) is 6.54 Å². The lowest BCUT2D eigenvalue weighted by Gasteiger charge is -2.25. The smallest absolute Gasteiger partial charge is 0.266 e. The van der Waals surface area contributed by atoms with E-state index in [2.05, 4.69) is 17.1 Å². The van der Waals surface area contributed by atoms with Crippen LogP contribution in [0.5, 0.6) is 5.75 Å². The number of aromatic nitrogens is 1. The lowest BCUT2D eigenvalue weighted by Crippen LogP contribution is -2.30. The van der Waals surface area contributed by atoms with Gasteiger partial charge in [-0.3, -0.25) is 4.79 Å². The molecule has 1 aliphatic rings. The molecule has 1 atom stereocenters. The van der Waals surface area contributed by atoms with Crippen LogP contribution in [0.2, 0.25) is 0 Å². The first-order valence-corrected chi connectivity index (χ1v) is 8.52. The Morgan fingerprint density at radius 1 is 1.41 bits per heavy atom. The highest BCUT2D eigenvalue weighted by molar-refractivity contribution is 7.11. The molecule has 1 aliphatic heterocycles. The van der Waals surface area contributed by atoms with Crippen LogP contribution in [0.25, 0.3) is 0 Å². The first kappa shape index (κ1) is 15.0. The minimum atomic E-state index is 0.108. The molecule has 2 heterocycles. The number of amides is 1. The number of likely N-dealkylation sites (tertiary alicyclic amines) is 1. The van der Waals surface area contributed by atoms with E-state index in [1.165, 1.54) is 16.9 Å². The third-order valence-electron chi connectivity index (χ3n) is 4.03. The molecule has 1 saturated heterocycles. The average Bonchev–Trinajstić information content (AvgIpc) is 3.16. The van der Waals surface area contributed by atoms with Crippen LogP contribution in [-0.4, -0.2) is 28.9 Å². The number of benzene rings is 1. The number of hydrogen-bond donors (Lipinski definition) is 0. The van der Waals surface area contributed by atoms with Gasteiger partial charge < -0.3 is 9.64 Å². The Morgan fingerprint density at radius 3 is 2.82 bits per heavy atom. The fourth-order valence-corrected chi connectivity index (χ4v) is 3.70. The van der Waals surface area contributed by atoms with Gasteiger partial charge in [-0.05, 0) is 44.4 Å². The molecular formula is C17H20N2O2S. The molecule has 3 rings (SSSR count). The Morgan fingerprint density at radius 2 is 2.18 bits per heavy atom. The van der Waals surface area contributed by atoms with Crippen LogP contribution in [0.4, 0.5) is 0 Å². The highest BCUT2D eigenvalue weighted by atomic mass is 32.1. The quantitative estimate of drug-likeness (QED) is 0.861. The van der Waals surface area contributed by atoms with E-state index in [4.69, 9.17) is 4.74 Å². The number of rotatable bonds is 4. The summed E-state index contributed by atoms with van der Waals surface area (Å²) in [5.74, 6) is 0.983. The van der Waals surface area contributed by atoms with Gasteiger partial charge in [0.1, 0.15) is 10.6 Å². The summed E-state index contributed by atoms with van der Waals surface area (Å²) in [6.07, 6.45) is 2.05. The number of hydrogen-bond acceptors (Lipinski definition) is 4. The number of carbonyl (C=O) groups is 1. The van der Waals surface area contributed by atoms with Crippen LogP contribution < -0.4 is 4.74 Å². The van der Waals surface area contributed by atoms with Crippen LogP contribution in [0.15, 0.2) is 29.8 Å². The van der Waals surface area contributed by atoms with Crippen molar-refractivity contribution in [2.24, 2.45) is 0 Å². The third kappa shape index (κ3) is 2.86. The third-order valence-corrected chi connectivity index (χ3v) is 4.95. The lowest BCUT2D eigenvalue weighted by atomic mass is 10.0. The van der Waals surface area contributed by atoms with E-state index < -0.39 is 0 Å². The standard InChI is InChI=1S/C17H20N2O2S/c1-3-21-14-8-6-13(7-9-14)15-5-4-10-19(15)17(20)16-12(2)18-11-22-16/h6-9,11,15H,3-5,10H2,1-2H3/t15-/m0/s1. The normalized spacial score (nSPS) is 17.7. The van der Waals surface area contributed by atoms with Crippen molar-refractivity contribution < 1.29 is 9.53 Å². The predicted molar refractivity (Wildman–Crippen MR) is 87.5 cm³/mol. The molecule has 116 valence electrons. The Bertz CT molecular complexity index is 651. The Balaban J connectivity index is 1.81. The van der Waals surface area contributed by atoms with Crippen LogP contribution >= 0.6 is 11.3 Å². The summed E-state index contributed by atoms with van der Waals surface area (Å²) in [5.41, 5.74) is 3.74. The maximum atomic E-state index is 12.8. The van der Waals surface area contributed by atoms with Crippen LogP contribution in [-0.2, 0) is 0 Å². The monoisotopic (exact) mass is 316 g/mol. The second-order valence-corrected chi connectivity index (χ2v) is 6.28. The van der Waals surface area contributed by atoms with Crippen molar-refractivity contribution in [3.8, 4) is 5.75 Å². The fraction of sp³-hybridized carbons (Fsp3) is 0.412. The first-order chi connectivity index (χ1) is 10.7. The topological polar surface area (TPSA) is 42.4 Å². The van der Waals surface area contributed by atoms with Gasteiger partial charge in [-0.15, -0.1) is 11.3 Å². The van der Waals surface area contributed by atoms with E-state index in [9.17, 15) is 4.79 Å². The summed E-state index contributed by atoms with van der Waals surface area (Å²) in [4.78, 5) is 19.7. The molecule has 0 radical (unpaired) electrons. The van der Waals surface area contributed by atoms with Crippen molar-refractivity contribution in [3.63, 3.8) is 0 Å². The zero-order valence-corrected chi connectivity index (χ0v) is 13.7. The number of nitrogens with zero attached hydrogens (tertiary/aromatic N) is 2. The van der Waals surface area contributed by atoms with Crippen molar-refractivity contribution in [3.05, 3.63) is 45.9 Å². The van der Waals surface area contributed by atoms with Gasteiger partial charge in [0.25, 0.3) is 5.91 Å². The van der Waals surface area contributed by atoms with E-state index in [1.807, 2.05) is 30.9 Å². The van der Waals surface area contributed by atoms with Crippen molar-refractivity contribution in [1.82, 2.24) is 9.88 Å². The maximum Gasteiger partial charge on any atom is 0.266 e. The minimum absolute atomic E-state index is 0.108. The first-order valence-electron chi connectivity index (χ1n) is 7.64. The summed E-state index contributed by atoms with van der Waals surface area (Å²) in [6.45, 7) is 5.35. The van der Waals surface area contributed by atoms with Gasteiger partial charge in [0.05, 0.1) is 23.9 Å². The number of thiazole rings is 1. The molecule has 1 aromatic carbocycles. The van der Waals surface area contributed by atoms with Gasteiger partial charge in [0.15, 0.2) is 0 Å². The zero-order chi connectivity index (χ0) is 15.5. The molecule has 1 fully saturated rings. The molecule has 0 saturated carbocycles. The maximum absolute atomic E-state index is 12.8. The summed E-state index contributed by atoms with van der Waals surface area (Å²) in [6, 6.07) is 8.27. The van der Waals surface area contributed by atoms with E-state index >= 15 is 0 Å².